The first-order chi connectivity index (χ1) is 8.69. The highest BCUT2D eigenvalue weighted by molar-refractivity contribution is 5.57. The van der Waals surface area contributed by atoms with Gasteiger partial charge in [-0.3, -0.25) is 19.6 Å². The van der Waals surface area contributed by atoms with Gasteiger partial charge in [0.1, 0.15) is 11.5 Å². The summed E-state index contributed by atoms with van der Waals surface area (Å²) in [6.45, 7) is 8.91. The van der Waals surface area contributed by atoms with Crippen LogP contribution in [-0.2, 0) is 11.3 Å². The van der Waals surface area contributed by atoms with Crippen LogP contribution in [0.25, 0.3) is 10.5 Å². The van der Waals surface area contributed by atoms with Gasteiger partial charge in [-0.25, -0.2) is 9.73 Å². The number of aromatic amines is 1. The number of H-pyrrole nitrogens is 1. The molecule has 0 aliphatic rings. The Morgan fingerprint density at radius 2 is 2.44 bits per heavy atom. The van der Waals surface area contributed by atoms with E-state index in [1.54, 1.807) is 13.0 Å². The fourth-order valence-electron chi connectivity index (χ4n) is 1.83. The number of nitrogens with zero attached hydrogens (tertiary/aromatic N) is 3. The van der Waals surface area contributed by atoms with E-state index in [-0.39, 0.29) is 17.9 Å². The van der Waals surface area contributed by atoms with Gasteiger partial charge in [0.2, 0.25) is 0 Å². The predicted octanol–water partition coefficient (Wildman–Crippen LogP) is 1.30. The van der Waals surface area contributed by atoms with Crippen LogP contribution in [0.15, 0.2) is 10.9 Å². The van der Waals surface area contributed by atoms with E-state index in [1.807, 2.05) is 0 Å². The molecule has 0 saturated heterocycles. The first-order valence-corrected chi connectivity index (χ1v) is 5.42. The highest BCUT2D eigenvalue weighted by atomic mass is 17.1. The Hall–Kier alpha value is -2.17. The second-order valence-electron chi connectivity index (χ2n) is 3.89. The number of nitrogens with one attached hydrogen (secondary N) is 1. The largest absolute Gasteiger partial charge is 0.283 e. The summed E-state index contributed by atoms with van der Waals surface area (Å²) < 4.78 is 1.39. The molecule has 2 N–H and O–H groups in total. The normalized spacial score (nSPS) is 10.7. The third kappa shape index (κ3) is 1.99. The molecule has 0 aromatic carbocycles. The van der Waals surface area contributed by atoms with E-state index in [0.717, 1.165) is 0 Å². The maximum atomic E-state index is 12.1. The quantitative estimate of drug-likeness (QED) is 0.370. The van der Waals surface area contributed by atoms with Crippen LogP contribution >= 0.6 is 0 Å². The summed E-state index contributed by atoms with van der Waals surface area (Å²) in [7, 11) is 0. The van der Waals surface area contributed by atoms with Crippen molar-refractivity contribution in [2.24, 2.45) is 0 Å². The van der Waals surface area contributed by atoms with E-state index in [1.165, 1.54) is 4.40 Å². The van der Waals surface area contributed by atoms with Crippen molar-refractivity contribution in [3.63, 3.8) is 0 Å². The van der Waals surface area contributed by atoms with Crippen LogP contribution < -0.4 is 5.56 Å². The van der Waals surface area contributed by atoms with Gasteiger partial charge in [0.25, 0.3) is 11.2 Å². The Kier molecular flexibility index (Phi) is 3.41. The van der Waals surface area contributed by atoms with Gasteiger partial charge in [0.05, 0.1) is 13.2 Å². The van der Waals surface area contributed by atoms with Crippen LogP contribution in [0, 0.1) is 13.5 Å². The smallest absolute Gasteiger partial charge is 0.264 e. The first kappa shape index (κ1) is 12.3. The van der Waals surface area contributed by atoms with Crippen molar-refractivity contribution in [3.05, 3.63) is 39.2 Å². The van der Waals surface area contributed by atoms with Gasteiger partial charge in [-0.05, 0) is 25.0 Å². The zero-order valence-electron chi connectivity index (χ0n) is 9.80. The number of aromatic nitrogens is 3. The number of fused-ring (bicyclic) bond motifs is 1. The molecule has 0 amide bonds. The lowest BCUT2D eigenvalue weighted by Crippen LogP contribution is -2.15. The molecule has 0 aliphatic heterocycles. The van der Waals surface area contributed by atoms with E-state index < -0.39 is 0 Å². The number of hydrogen-bond acceptors (Lipinski definition) is 4. The lowest BCUT2D eigenvalue weighted by atomic mass is 10.2. The van der Waals surface area contributed by atoms with E-state index in [2.05, 4.69) is 19.9 Å². The minimum atomic E-state index is -0.367. The molecular formula is C11H12N4O3. The summed E-state index contributed by atoms with van der Waals surface area (Å²) >= 11 is 0. The molecule has 18 heavy (non-hydrogen) atoms. The number of rotatable bonds is 4. The summed E-state index contributed by atoms with van der Waals surface area (Å²) in [5.41, 5.74) is 0.927. The van der Waals surface area contributed by atoms with Crippen molar-refractivity contribution in [3.8, 4) is 0 Å². The predicted molar refractivity (Wildman–Crippen MR) is 63.7 cm³/mol. The average Bonchev–Trinajstić information content (AvgIpc) is 2.73. The Balaban J connectivity index is 2.52. The van der Waals surface area contributed by atoms with Gasteiger partial charge in [-0.1, -0.05) is 0 Å². The summed E-state index contributed by atoms with van der Waals surface area (Å²) in [6.07, 6.45) is 1.01. The number of hydrogen-bond donors (Lipinski definition) is 2. The molecule has 0 aliphatic carbocycles. The Bertz CT molecular complexity index is 665. The fourth-order valence-corrected chi connectivity index (χ4v) is 1.83. The lowest BCUT2D eigenvalue weighted by Gasteiger charge is -2.01. The van der Waals surface area contributed by atoms with Crippen LogP contribution in [0.4, 0.5) is 5.69 Å². The molecule has 0 atom stereocenters. The third-order valence-electron chi connectivity index (χ3n) is 2.68. The van der Waals surface area contributed by atoms with E-state index in [4.69, 9.17) is 11.8 Å². The molecule has 7 heteroatoms. The monoisotopic (exact) mass is 248 g/mol. The number of pyridine rings is 1. The molecule has 0 spiro atoms. The SMILES string of the molecule is [C-]#[N+]c1c(C)cc2[nH]nc(CCCOO)n2c1=O. The zero-order valence-corrected chi connectivity index (χ0v) is 9.80. The van der Waals surface area contributed by atoms with Crippen molar-refractivity contribution in [1.29, 1.82) is 0 Å². The minimum absolute atomic E-state index is 0.105. The second kappa shape index (κ2) is 5.00. The van der Waals surface area contributed by atoms with Gasteiger partial charge in [-0.2, -0.15) is 5.10 Å². The Morgan fingerprint density at radius 3 is 3.11 bits per heavy atom. The highest BCUT2D eigenvalue weighted by Crippen LogP contribution is 2.15. The molecule has 7 nitrogen and oxygen atoms in total. The minimum Gasteiger partial charge on any atom is -0.283 e. The molecule has 2 rings (SSSR count). The van der Waals surface area contributed by atoms with Gasteiger partial charge >= 0.3 is 0 Å². The van der Waals surface area contributed by atoms with Crippen LogP contribution in [0.1, 0.15) is 17.8 Å². The molecular weight excluding hydrogens is 236 g/mol. The molecule has 2 aromatic heterocycles. The number of aryl methyl sites for hydroxylation is 2. The van der Waals surface area contributed by atoms with Crippen molar-refractivity contribution in [1.82, 2.24) is 14.6 Å². The van der Waals surface area contributed by atoms with Crippen molar-refractivity contribution in [2.75, 3.05) is 6.61 Å². The highest BCUT2D eigenvalue weighted by Gasteiger charge is 2.13. The topological polar surface area (TPSA) is 84.0 Å². The molecule has 2 aromatic rings. The van der Waals surface area contributed by atoms with Gasteiger partial charge in [0.15, 0.2) is 0 Å². The molecule has 2 heterocycles. The standard InChI is InChI=1S/C11H12N4O3/c1-7-6-9-14-13-8(4-3-5-18-17)15(9)11(16)10(7)12-2/h6,14,17H,3-5H2,1H3. The molecule has 0 saturated carbocycles. The zero-order chi connectivity index (χ0) is 13.1. The molecule has 0 bridgehead atoms. The maximum absolute atomic E-state index is 12.1. The molecule has 0 radical (unpaired) electrons. The molecule has 0 fully saturated rings. The molecule has 0 unspecified atom stereocenters. The van der Waals surface area contributed by atoms with Crippen molar-refractivity contribution in [2.45, 2.75) is 19.8 Å². The second-order valence-corrected chi connectivity index (χ2v) is 3.89. The van der Waals surface area contributed by atoms with Crippen molar-refractivity contribution >= 4 is 11.3 Å². The van der Waals surface area contributed by atoms with Crippen LogP contribution in [0.2, 0.25) is 0 Å². The first-order valence-electron chi connectivity index (χ1n) is 5.42. The van der Waals surface area contributed by atoms with Crippen LogP contribution in [0.3, 0.4) is 0 Å². The third-order valence-corrected chi connectivity index (χ3v) is 2.68. The lowest BCUT2D eigenvalue weighted by molar-refractivity contribution is -0.242. The molecule has 94 valence electrons. The van der Waals surface area contributed by atoms with Gasteiger partial charge in [0, 0.05) is 6.42 Å². The Morgan fingerprint density at radius 1 is 1.67 bits per heavy atom. The van der Waals surface area contributed by atoms with Gasteiger partial charge in [-0.15, -0.1) is 0 Å². The summed E-state index contributed by atoms with van der Waals surface area (Å²) in [4.78, 5) is 19.3. The summed E-state index contributed by atoms with van der Waals surface area (Å²) in [6, 6.07) is 1.72. The average molecular weight is 248 g/mol. The van der Waals surface area contributed by atoms with Crippen LogP contribution in [-0.4, -0.2) is 26.5 Å². The Labute approximate surface area is 102 Å². The van der Waals surface area contributed by atoms with E-state index >= 15 is 0 Å². The maximum Gasteiger partial charge on any atom is 0.264 e. The van der Waals surface area contributed by atoms with Crippen molar-refractivity contribution < 1.29 is 10.1 Å². The van der Waals surface area contributed by atoms with E-state index in [9.17, 15) is 4.79 Å². The van der Waals surface area contributed by atoms with Crippen LogP contribution in [0.5, 0.6) is 0 Å². The summed E-state index contributed by atoms with van der Waals surface area (Å²) in [5.74, 6) is 0.525. The summed E-state index contributed by atoms with van der Waals surface area (Å²) in [5, 5.41) is 15.0. The fraction of sp³-hybridized carbons (Fsp3) is 0.364. The van der Waals surface area contributed by atoms with Gasteiger partial charge < -0.3 is 0 Å². The van der Waals surface area contributed by atoms with E-state index in [0.29, 0.717) is 29.9 Å².